The van der Waals surface area contributed by atoms with Crippen LogP contribution in [0.2, 0.25) is 5.02 Å². The van der Waals surface area contributed by atoms with E-state index in [1.54, 1.807) is 0 Å². The minimum atomic E-state index is 0.420. The Morgan fingerprint density at radius 1 is 1.29 bits per heavy atom. The molecule has 0 heterocycles. The Hall–Kier alpha value is -0.820. The van der Waals surface area contributed by atoms with E-state index in [2.05, 4.69) is 0 Å². The molecule has 0 saturated heterocycles. The summed E-state index contributed by atoms with van der Waals surface area (Å²) in [6, 6.07) is 7.91. The van der Waals surface area contributed by atoms with Crippen LogP contribution in [0.25, 0.3) is 0 Å². The van der Waals surface area contributed by atoms with Gasteiger partial charge in [0.15, 0.2) is 0 Å². The molecule has 14 heavy (non-hydrogen) atoms. The average Bonchev–Trinajstić information content (AvgIpc) is 2.56. The van der Waals surface area contributed by atoms with Crippen molar-refractivity contribution in [2.24, 2.45) is 5.92 Å². The first-order valence-corrected chi connectivity index (χ1v) is 5.38. The summed E-state index contributed by atoms with van der Waals surface area (Å²) < 4.78 is 0. The zero-order valence-electron chi connectivity index (χ0n) is 8.00. The molecule has 74 valence electrons. The van der Waals surface area contributed by atoms with Crippen LogP contribution in [0.4, 0.5) is 0 Å². The molecule has 0 radical (unpaired) electrons. The number of benzene rings is 1. The van der Waals surface area contributed by atoms with Crippen molar-refractivity contribution in [3.63, 3.8) is 0 Å². The number of hydrogen-bond acceptors (Lipinski definition) is 1. The Kier molecular flexibility index (Phi) is 2.87. The number of carbonyl (C=O) groups excluding carboxylic acids is 1. The van der Waals surface area contributed by atoms with Crippen molar-refractivity contribution in [1.29, 1.82) is 0 Å². The molecule has 1 nitrogen and oxygen atoms in total. The van der Waals surface area contributed by atoms with Gasteiger partial charge >= 0.3 is 0 Å². The van der Waals surface area contributed by atoms with Gasteiger partial charge in [0.05, 0.1) is 0 Å². The van der Waals surface area contributed by atoms with Crippen LogP contribution in [-0.2, 0) is 11.2 Å². The van der Waals surface area contributed by atoms with Gasteiger partial charge in [-0.05, 0) is 36.5 Å². The van der Waals surface area contributed by atoms with Gasteiger partial charge in [-0.15, -0.1) is 0 Å². The van der Waals surface area contributed by atoms with E-state index in [1.165, 1.54) is 5.56 Å². The normalized spacial score (nSPS) is 21.5. The Labute approximate surface area is 89.1 Å². The van der Waals surface area contributed by atoms with Gasteiger partial charge in [0.25, 0.3) is 0 Å². The smallest absolute Gasteiger partial charge is 0.133 e. The maximum atomic E-state index is 11.1. The molecule has 0 N–H and O–H groups in total. The van der Waals surface area contributed by atoms with Crippen molar-refractivity contribution in [2.75, 3.05) is 0 Å². The Bertz CT molecular complexity index is 329. The molecule has 0 aliphatic heterocycles. The second-order valence-corrected chi connectivity index (χ2v) is 4.41. The summed E-state index contributed by atoms with van der Waals surface area (Å²) in [5.41, 5.74) is 1.29. The number of hydrogen-bond donors (Lipinski definition) is 0. The summed E-state index contributed by atoms with van der Waals surface area (Å²) in [6.45, 7) is 0. The maximum absolute atomic E-state index is 11.1. The van der Waals surface area contributed by atoms with E-state index in [1.807, 2.05) is 24.3 Å². The molecule has 1 saturated carbocycles. The zero-order valence-corrected chi connectivity index (χ0v) is 8.76. The van der Waals surface area contributed by atoms with Gasteiger partial charge in [0.2, 0.25) is 0 Å². The first-order chi connectivity index (χ1) is 6.74. The minimum Gasteiger partial charge on any atom is -0.300 e. The highest BCUT2D eigenvalue weighted by Gasteiger charge is 2.21. The van der Waals surface area contributed by atoms with E-state index in [0.29, 0.717) is 11.7 Å². The van der Waals surface area contributed by atoms with Crippen LogP contribution in [-0.4, -0.2) is 5.78 Å². The van der Waals surface area contributed by atoms with Gasteiger partial charge in [0, 0.05) is 17.9 Å². The molecule has 1 aromatic rings. The summed E-state index contributed by atoms with van der Waals surface area (Å²) in [7, 11) is 0. The lowest BCUT2D eigenvalue weighted by molar-refractivity contribution is -0.117. The number of ketones is 1. The highest BCUT2D eigenvalue weighted by Crippen LogP contribution is 2.25. The van der Waals surface area contributed by atoms with Crippen molar-refractivity contribution >= 4 is 17.4 Å². The third kappa shape index (κ3) is 2.36. The third-order valence-corrected chi connectivity index (χ3v) is 3.04. The van der Waals surface area contributed by atoms with Crippen LogP contribution in [0, 0.1) is 5.92 Å². The van der Waals surface area contributed by atoms with E-state index < -0.39 is 0 Å². The standard InChI is InChI=1S/C12H13ClO/c13-11-4-1-9(2-5-11)7-10-3-6-12(14)8-10/h1-2,4-5,10H,3,6-8H2. The fraction of sp³-hybridized carbons (Fsp3) is 0.417. The second-order valence-electron chi connectivity index (χ2n) is 3.98. The topological polar surface area (TPSA) is 17.1 Å². The molecule has 1 atom stereocenters. The minimum absolute atomic E-state index is 0.420. The molecule has 1 aliphatic rings. The van der Waals surface area contributed by atoms with Crippen molar-refractivity contribution < 1.29 is 4.79 Å². The number of rotatable bonds is 2. The van der Waals surface area contributed by atoms with Crippen LogP contribution < -0.4 is 0 Å². The van der Waals surface area contributed by atoms with Gasteiger partial charge in [-0.25, -0.2) is 0 Å². The monoisotopic (exact) mass is 208 g/mol. The van der Waals surface area contributed by atoms with Gasteiger partial charge in [-0.1, -0.05) is 23.7 Å². The van der Waals surface area contributed by atoms with E-state index in [4.69, 9.17) is 11.6 Å². The quantitative estimate of drug-likeness (QED) is 0.729. The summed E-state index contributed by atoms with van der Waals surface area (Å²) in [5, 5.41) is 0.774. The summed E-state index contributed by atoms with van der Waals surface area (Å²) >= 11 is 5.80. The molecular weight excluding hydrogens is 196 g/mol. The van der Waals surface area contributed by atoms with Gasteiger partial charge in [-0.3, -0.25) is 4.79 Å². The van der Waals surface area contributed by atoms with E-state index in [-0.39, 0.29) is 0 Å². The fourth-order valence-electron chi connectivity index (χ4n) is 2.02. The number of Topliss-reactive ketones (excluding diaryl/α,β-unsaturated/α-hetero) is 1. The summed E-state index contributed by atoms with van der Waals surface area (Å²) in [6.07, 6.45) is 3.62. The third-order valence-electron chi connectivity index (χ3n) is 2.79. The van der Waals surface area contributed by atoms with Crippen molar-refractivity contribution in [2.45, 2.75) is 25.7 Å². The first-order valence-electron chi connectivity index (χ1n) is 5.00. The Balaban J connectivity index is 1.97. The highest BCUT2D eigenvalue weighted by molar-refractivity contribution is 6.30. The molecule has 0 spiro atoms. The zero-order chi connectivity index (χ0) is 9.97. The largest absolute Gasteiger partial charge is 0.300 e. The van der Waals surface area contributed by atoms with Crippen molar-refractivity contribution in [3.05, 3.63) is 34.9 Å². The molecule has 1 unspecified atom stereocenters. The Morgan fingerprint density at radius 3 is 2.57 bits per heavy atom. The molecule has 1 aromatic carbocycles. The second kappa shape index (κ2) is 4.14. The van der Waals surface area contributed by atoms with E-state index in [9.17, 15) is 4.79 Å². The van der Waals surface area contributed by atoms with Crippen LogP contribution in [0.3, 0.4) is 0 Å². The predicted octanol–water partition coefficient (Wildman–Crippen LogP) is 3.25. The molecule has 0 amide bonds. The summed E-state index contributed by atoms with van der Waals surface area (Å²) in [4.78, 5) is 11.1. The fourth-order valence-corrected chi connectivity index (χ4v) is 2.15. The van der Waals surface area contributed by atoms with Crippen LogP contribution in [0.15, 0.2) is 24.3 Å². The van der Waals surface area contributed by atoms with Crippen LogP contribution >= 0.6 is 11.6 Å². The predicted molar refractivity (Wildman–Crippen MR) is 57.5 cm³/mol. The average molecular weight is 209 g/mol. The van der Waals surface area contributed by atoms with E-state index in [0.717, 1.165) is 30.7 Å². The Morgan fingerprint density at radius 2 is 2.00 bits per heavy atom. The molecule has 1 aliphatic carbocycles. The molecule has 0 bridgehead atoms. The molecular formula is C12H13ClO. The first kappa shape index (κ1) is 9.72. The van der Waals surface area contributed by atoms with Crippen LogP contribution in [0.5, 0.6) is 0 Å². The highest BCUT2D eigenvalue weighted by atomic mass is 35.5. The van der Waals surface area contributed by atoms with E-state index >= 15 is 0 Å². The van der Waals surface area contributed by atoms with Gasteiger partial charge < -0.3 is 0 Å². The molecule has 1 fully saturated rings. The SMILES string of the molecule is O=C1CCC(Cc2ccc(Cl)cc2)C1. The summed E-state index contributed by atoms with van der Waals surface area (Å²) in [5.74, 6) is 0.979. The van der Waals surface area contributed by atoms with Crippen LogP contribution in [0.1, 0.15) is 24.8 Å². The lowest BCUT2D eigenvalue weighted by Crippen LogP contribution is -1.99. The number of halogens is 1. The van der Waals surface area contributed by atoms with Gasteiger partial charge in [0.1, 0.15) is 5.78 Å². The maximum Gasteiger partial charge on any atom is 0.133 e. The molecule has 2 heteroatoms. The molecule has 0 aromatic heterocycles. The van der Waals surface area contributed by atoms with Crippen molar-refractivity contribution in [1.82, 2.24) is 0 Å². The number of carbonyl (C=O) groups is 1. The van der Waals surface area contributed by atoms with Crippen molar-refractivity contribution in [3.8, 4) is 0 Å². The molecule has 2 rings (SSSR count). The lowest BCUT2D eigenvalue weighted by Gasteiger charge is -2.07. The lowest BCUT2D eigenvalue weighted by atomic mass is 9.98. The van der Waals surface area contributed by atoms with Gasteiger partial charge in [-0.2, -0.15) is 0 Å².